The van der Waals surface area contributed by atoms with Crippen LogP contribution in [0, 0.1) is 5.41 Å². The zero-order chi connectivity index (χ0) is 14.6. The molecular weight excluding hydrogens is 248 g/mol. The molecule has 1 aliphatic heterocycles. The number of nitrogens with one attached hydrogen (secondary N) is 2. The van der Waals surface area contributed by atoms with Crippen LogP contribution >= 0.6 is 0 Å². The standard InChI is InChI=1S/C17H26N2O/c1-13(12-14-8-5-4-6-9-14)19-16(20)15-17(2,3)10-7-11-18-15/h4-6,8-9,13,15,18H,7,10-12H2,1-3H3,(H,19,20). The lowest BCUT2D eigenvalue weighted by atomic mass is 9.77. The molecule has 0 bridgehead atoms. The summed E-state index contributed by atoms with van der Waals surface area (Å²) in [6, 6.07) is 10.4. The monoisotopic (exact) mass is 274 g/mol. The predicted molar refractivity (Wildman–Crippen MR) is 82.6 cm³/mol. The topological polar surface area (TPSA) is 41.1 Å². The number of rotatable bonds is 4. The second-order valence-corrected chi connectivity index (χ2v) is 6.58. The summed E-state index contributed by atoms with van der Waals surface area (Å²) in [6.07, 6.45) is 3.13. The van der Waals surface area contributed by atoms with Crippen molar-refractivity contribution < 1.29 is 4.79 Å². The molecule has 1 aromatic carbocycles. The van der Waals surface area contributed by atoms with Crippen LogP contribution < -0.4 is 10.6 Å². The van der Waals surface area contributed by atoms with Crippen LogP contribution in [0.2, 0.25) is 0 Å². The Morgan fingerprint density at radius 2 is 2.10 bits per heavy atom. The Hall–Kier alpha value is -1.35. The molecule has 0 spiro atoms. The van der Waals surface area contributed by atoms with Crippen LogP contribution in [0.5, 0.6) is 0 Å². The van der Waals surface area contributed by atoms with Gasteiger partial charge in [0.15, 0.2) is 0 Å². The minimum absolute atomic E-state index is 0.0365. The SMILES string of the molecule is CC(Cc1ccccc1)NC(=O)C1NCCCC1(C)C. The summed E-state index contributed by atoms with van der Waals surface area (Å²) in [4.78, 5) is 12.4. The number of benzene rings is 1. The zero-order valence-corrected chi connectivity index (χ0v) is 12.8. The highest BCUT2D eigenvalue weighted by atomic mass is 16.2. The van der Waals surface area contributed by atoms with Crippen LogP contribution in [0.4, 0.5) is 0 Å². The van der Waals surface area contributed by atoms with Gasteiger partial charge in [-0.05, 0) is 43.7 Å². The maximum absolute atomic E-state index is 12.4. The lowest BCUT2D eigenvalue weighted by molar-refractivity contribution is -0.127. The van der Waals surface area contributed by atoms with Gasteiger partial charge in [0.2, 0.25) is 5.91 Å². The van der Waals surface area contributed by atoms with E-state index in [0.717, 1.165) is 25.8 Å². The molecule has 1 heterocycles. The van der Waals surface area contributed by atoms with E-state index in [0.29, 0.717) is 0 Å². The van der Waals surface area contributed by atoms with E-state index in [4.69, 9.17) is 0 Å². The molecule has 1 aliphatic rings. The summed E-state index contributed by atoms with van der Waals surface area (Å²) in [5, 5.41) is 6.52. The van der Waals surface area contributed by atoms with Gasteiger partial charge in [-0.3, -0.25) is 4.79 Å². The van der Waals surface area contributed by atoms with Crippen LogP contribution in [0.25, 0.3) is 0 Å². The fourth-order valence-corrected chi connectivity index (χ4v) is 3.00. The van der Waals surface area contributed by atoms with Gasteiger partial charge in [-0.2, -0.15) is 0 Å². The average Bonchev–Trinajstić information content (AvgIpc) is 2.38. The van der Waals surface area contributed by atoms with Crippen LogP contribution in [-0.2, 0) is 11.2 Å². The van der Waals surface area contributed by atoms with Crippen LogP contribution in [-0.4, -0.2) is 24.5 Å². The molecule has 0 aliphatic carbocycles. The van der Waals surface area contributed by atoms with E-state index in [1.165, 1.54) is 5.56 Å². The number of hydrogen-bond donors (Lipinski definition) is 2. The normalized spacial score (nSPS) is 23.1. The summed E-state index contributed by atoms with van der Waals surface area (Å²) < 4.78 is 0. The molecule has 3 nitrogen and oxygen atoms in total. The second-order valence-electron chi connectivity index (χ2n) is 6.58. The molecule has 2 unspecified atom stereocenters. The van der Waals surface area contributed by atoms with Crippen molar-refractivity contribution in [3.63, 3.8) is 0 Å². The summed E-state index contributed by atoms with van der Waals surface area (Å²) in [7, 11) is 0. The summed E-state index contributed by atoms with van der Waals surface area (Å²) in [5.41, 5.74) is 1.30. The molecule has 1 aromatic rings. The lowest BCUT2D eigenvalue weighted by Gasteiger charge is -2.38. The van der Waals surface area contributed by atoms with Gasteiger partial charge < -0.3 is 10.6 Å². The highest BCUT2D eigenvalue weighted by Crippen LogP contribution is 2.30. The molecule has 1 saturated heterocycles. The second kappa shape index (κ2) is 6.40. The number of amides is 1. The first kappa shape index (κ1) is 15.0. The number of carbonyl (C=O) groups is 1. The summed E-state index contributed by atoms with van der Waals surface area (Å²) >= 11 is 0. The van der Waals surface area contributed by atoms with E-state index in [-0.39, 0.29) is 23.4 Å². The average molecular weight is 274 g/mol. The third-order valence-corrected chi connectivity index (χ3v) is 4.16. The van der Waals surface area contributed by atoms with Gasteiger partial charge in [0, 0.05) is 6.04 Å². The van der Waals surface area contributed by atoms with Gasteiger partial charge in [0.05, 0.1) is 6.04 Å². The van der Waals surface area contributed by atoms with Crippen molar-refractivity contribution in [2.45, 2.75) is 52.1 Å². The first-order valence-electron chi connectivity index (χ1n) is 7.57. The maximum atomic E-state index is 12.4. The molecule has 20 heavy (non-hydrogen) atoms. The van der Waals surface area contributed by atoms with Crippen LogP contribution in [0.15, 0.2) is 30.3 Å². The van der Waals surface area contributed by atoms with Crippen molar-refractivity contribution in [2.75, 3.05) is 6.54 Å². The Bertz CT molecular complexity index is 442. The van der Waals surface area contributed by atoms with Gasteiger partial charge in [-0.15, -0.1) is 0 Å². The van der Waals surface area contributed by atoms with E-state index in [2.05, 4.69) is 43.5 Å². The van der Waals surface area contributed by atoms with E-state index in [1.807, 2.05) is 18.2 Å². The fraction of sp³-hybridized carbons (Fsp3) is 0.588. The van der Waals surface area contributed by atoms with E-state index in [1.54, 1.807) is 0 Å². The third kappa shape index (κ3) is 3.83. The maximum Gasteiger partial charge on any atom is 0.237 e. The summed E-state index contributed by atoms with van der Waals surface area (Å²) in [6.45, 7) is 7.35. The molecule has 1 fully saturated rings. The minimum Gasteiger partial charge on any atom is -0.352 e. The molecule has 2 atom stereocenters. The smallest absolute Gasteiger partial charge is 0.237 e. The van der Waals surface area contributed by atoms with E-state index in [9.17, 15) is 4.79 Å². The molecule has 2 N–H and O–H groups in total. The van der Waals surface area contributed by atoms with Crippen molar-refractivity contribution >= 4 is 5.91 Å². The van der Waals surface area contributed by atoms with Gasteiger partial charge in [-0.25, -0.2) is 0 Å². The quantitative estimate of drug-likeness (QED) is 0.886. The number of hydrogen-bond acceptors (Lipinski definition) is 2. The first-order valence-corrected chi connectivity index (χ1v) is 7.57. The number of carbonyl (C=O) groups excluding carboxylic acids is 1. The van der Waals surface area contributed by atoms with Crippen molar-refractivity contribution in [2.24, 2.45) is 5.41 Å². The van der Waals surface area contributed by atoms with Crippen molar-refractivity contribution in [1.29, 1.82) is 0 Å². The Labute approximate surface area is 122 Å². The third-order valence-electron chi connectivity index (χ3n) is 4.16. The Balaban J connectivity index is 1.90. The fourth-order valence-electron chi connectivity index (χ4n) is 3.00. The minimum atomic E-state index is -0.0746. The Morgan fingerprint density at radius 3 is 2.75 bits per heavy atom. The lowest BCUT2D eigenvalue weighted by Crippen LogP contribution is -2.57. The van der Waals surface area contributed by atoms with E-state index < -0.39 is 0 Å². The Morgan fingerprint density at radius 1 is 1.40 bits per heavy atom. The first-order chi connectivity index (χ1) is 9.49. The predicted octanol–water partition coefficient (Wildman–Crippen LogP) is 2.51. The van der Waals surface area contributed by atoms with Crippen LogP contribution in [0.3, 0.4) is 0 Å². The molecule has 110 valence electrons. The van der Waals surface area contributed by atoms with Gasteiger partial charge in [0.1, 0.15) is 0 Å². The Kier molecular flexibility index (Phi) is 4.81. The van der Waals surface area contributed by atoms with Crippen molar-refractivity contribution in [3.05, 3.63) is 35.9 Å². The van der Waals surface area contributed by atoms with Gasteiger partial charge in [-0.1, -0.05) is 44.2 Å². The molecule has 0 aromatic heterocycles. The summed E-state index contributed by atoms with van der Waals surface area (Å²) in [5.74, 6) is 0.137. The molecule has 0 radical (unpaired) electrons. The van der Waals surface area contributed by atoms with Crippen LogP contribution in [0.1, 0.15) is 39.2 Å². The molecule has 1 amide bonds. The highest BCUT2D eigenvalue weighted by Gasteiger charge is 2.37. The van der Waals surface area contributed by atoms with Crippen molar-refractivity contribution in [3.8, 4) is 0 Å². The van der Waals surface area contributed by atoms with Crippen molar-refractivity contribution in [1.82, 2.24) is 10.6 Å². The van der Waals surface area contributed by atoms with Gasteiger partial charge >= 0.3 is 0 Å². The molecule has 0 saturated carbocycles. The van der Waals surface area contributed by atoms with Gasteiger partial charge in [0.25, 0.3) is 0 Å². The molecule has 3 heteroatoms. The zero-order valence-electron chi connectivity index (χ0n) is 12.8. The largest absolute Gasteiger partial charge is 0.352 e. The molecule has 2 rings (SSSR count). The highest BCUT2D eigenvalue weighted by molar-refractivity contribution is 5.83. The molecular formula is C17H26N2O. The van der Waals surface area contributed by atoms with E-state index >= 15 is 0 Å². The number of piperidine rings is 1.